The second-order valence-electron chi connectivity index (χ2n) is 1.09. The normalized spacial score (nSPS) is 13.8. The fraction of sp³-hybridized carbons (Fsp3) is 0.667. The van der Waals surface area contributed by atoms with Crippen LogP contribution in [0.5, 0.6) is 0 Å². The van der Waals surface area contributed by atoms with Crippen molar-refractivity contribution in [2.75, 3.05) is 0 Å². The van der Waals surface area contributed by atoms with E-state index in [4.69, 9.17) is 5.73 Å². The number of carbonyl (C=O) groups is 1. The number of aldehydes is 1. The van der Waals surface area contributed by atoms with Gasteiger partial charge in [0.15, 0.2) is 0 Å². The minimum absolute atomic E-state index is 0.152. The number of hydrogen-bond donors (Lipinski definition) is 1. The molecule has 0 fully saturated rings. The minimum atomic E-state index is -0.152. The Balaban J connectivity index is 2.96. The van der Waals surface area contributed by atoms with Crippen molar-refractivity contribution in [2.24, 2.45) is 5.73 Å². The molecule has 1 unspecified atom stereocenters. The SMILES string of the molecule is NC(C=O)[CH2][Rf]. The van der Waals surface area contributed by atoms with Gasteiger partial charge in [0.2, 0.25) is 0 Å². The standard InChI is InChI=1S/C3H6NO.Rf/c1-3(4)2-5;/h2-3H,1,4H2;. The Labute approximate surface area is 31.0 Å². The summed E-state index contributed by atoms with van der Waals surface area (Å²) in [5.74, 6) is 0. The third-order valence-corrected chi connectivity index (χ3v) is 3.52. The van der Waals surface area contributed by atoms with E-state index in [0.717, 1.165) is 13.2 Å². The van der Waals surface area contributed by atoms with E-state index >= 15 is 0 Å². The van der Waals surface area contributed by atoms with Crippen molar-refractivity contribution < 1.29 is 4.79 Å². The molecule has 0 spiro atoms. The van der Waals surface area contributed by atoms with Gasteiger partial charge in [0, 0.05) is 0 Å². The quantitative estimate of drug-likeness (QED) is 0.688. The molecule has 0 aliphatic carbocycles. The van der Waals surface area contributed by atoms with Crippen LogP contribution < -0.4 is 5.73 Å². The zero-order valence-corrected chi connectivity index (χ0v) is 9.95. The van der Waals surface area contributed by atoms with E-state index in [1.54, 1.807) is 0 Å². The van der Waals surface area contributed by atoms with Crippen molar-refractivity contribution in [1.82, 2.24) is 0 Å². The topological polar surface area (TPSA) is 43.1 Å². The molecule has 0 aromatic heterocycles. The first-order chi connectivity index (χ1) is 2.81. The van der Waals surface area contributed by atoms with Gasteiger partial charge in [0.1, 0.15) is 0 Å². The molecule has 0 amide bonds. The van der Waals surface area contributed by atoms with Crippen LogP contribution in [0.2, 0.25) is 6.92 Å². The fourth-order valence-corrected chi connectivity index (χ4v) is 0.684. The van der Waals surface area contributed by atoms with Gasteiger partial charge in [0.25, 0.3) is 0 Å². The number of rotatable bonds is 2. The van der Waals surface area contributed by atoms with Crippen LogP contribution in [0.25, 0.3) is 0 Å². The van der Waals surface area contributed by atoms with Gasteiger partial charge in [-0.05, 0) is 0 Å². The monoisotopic (exact) mass is 339 g/mol. The fourth-order valence-electron chi connectivity index (χ4n) is 0.0680. The van der Waals surface area contributed by atoms with Gasteiger partial charge in [-0.3, -0.25) is 0 Å². The van der Waals surface area contributed by atoms with Crippen molar-refractivity contribution in [3.63, 3.8) is 0 Å². The Morgan fingerprint density at radius 2 is 2.50 bits per heavy atom. The summed E-state index contributed by atoms with van der Waals surface area (Å²) < 4.78 is 0.597. The predicted molar refractivity (Wildman–Crippen MR) is 18.8 cm³/mol. The molecule has 6 heavy (non-hydrogen) atoms. The second kappa shape index (κ2) is 1.91. The third kappa shape index (κ3) is 1.01. The molecule has 1 atom stereocenters. The zero-order chi connectivity index (χ0) is 4.99. The Hall–Kier alpha value is -1.37. The van der Waals surface area contributed by atoms with Crippen LogP contribution in [0.3, 0.4) is 0 Å². The number of carbonyl (C=O) groups excluding carboxylic acids is 1. The van der Waals surface area contributed by atoms with Crippen LogP contribution >= 0.6 is 0 Å². The molecule has 2 N–H and O–H groups in total. The van der Waals surface area contributed by atoms with Crippen LogP contribution in [0.15, 0.2) is 0 Å². The molecule has 0 aromatic rings. The van der Waals surface area contributed by atoms with Crippen molar-refractivity contribution >= 4 is 6.29 Å². The molecule has 2 nitrogen and oxygen atoms in total. The molecule has 0 aliphatic heterocycles. The van der Waals surface area contributed by atoms with E-state index in [-0.39, 0.29) is 6.04 Å². The van der Waals surface area contributed by atoms with Crippen LogP contribution in [-0.2, 0) is 4.79 Å². The van der Waals surface area contributed by atoms with E-state index in [0.29, 0.717) is 0 Å². The summed E-state index contributed by atoms with van der Waals surface area (Å²) in [5.41, 5.74) is 5.16. The molecule has 0 saturated heterocycles. The van der Waals surface area contributed by atoms with Gasteiger partial charge in [0.05, 0.1) is 0 Å². The molecule has 3 heteroatoms. The van der Waals surface area contributed by atoms with Gasteiger partial charge in [-0.1, -0.05) is 0 Å². The Morgan fingerprint density at radius 3 is 2.50 bits per heavy atom. The van der Waals surface area contributed by atoms with Crippen LogP contribution in [0.1, 0.15) is 0 Å². The van der Waals surface area contributed by atoms with Crippen molar-refractivity contribution in [2.45, 2.75) is 13.0 Å². The summed E-state index contributed by atoms with van der Waals surface area (Å²) >= 11 is 0. The van der Waals surface area contributed by atoms with Gasteiger partial charge in [-0.25, -0.2) is 0 Å². The summed E-state index contributed by atoms with van der Waals surface area (Å²) in [6.45, 7) is 0.949. The van der Waals surface area contributed by atoms with Crippen molar-refractivity contribution in [3.05, 3.63) is 0 Å². The molecular weight excluding hydrogens is 333 g/mol. The first kappa shape index (κ1) is 4.63. The third-order valence-electron chi connectivity index (χ3n) is 0.508. The summed E-state index contributed by atoms with van der Waals surface area (Å²) in [4.78, 5) is 9.64. The summed E-state index contributed by atoms with van der Waals surface area (Å²) in [6.07, 6.45) is 0.802. The van der Waals surface area contributed by atoms with Crippen molar-refractivity contribution in [3.8, 4) is 0 Å². The summed E-state index contributed by atoms with van der Waals surface area (Å²) in [6, 6.07) is -0.152. The number of hydrogen-bond acceptors (Lipinski definition) is 2. The van der Waals surface area contributed by atoms with Gasteiger partial charge in [-0.15, -0.1) is 0 Å². The molecular formula is C3H6NORf. The number of nitrogens with two attached hydrogens (primary N) is 1. The summed E-state index contributed by atoms with van der Waals surface area (Å²) in [7, 11) is 0. The predicted octanol–water partition coefficient (Wildman–Crippen LogP) is -0.520. The van der Waals surface area contributed by atoms with Gasteiger partial charge >= 0.3 is 29.8 Å². The molecule has 0 aromatic carbocycles. The van der Waals surface area contributed by atoms with E-state index in [2.05, 4.69) is 0 Å². The molecule has 0 heterocycles. The second-order valence-corrected chi connectivity index (χ2v) is 3.70. The van der Waals surface area contributed by atoms with E-state index < -0.39 is 0 Å². The Morgan fingerprint density at radius 1 is 2.00 bits per heavy atom. The average Bonchev–Trinajstić information content (AvgIpc) is 1.65. The molecule has 0 radical (unpaired) electrons. The molecule has 0 saturated carbocycles. The first-order valence-corrected chi connectivity index (χ1v) is 6.34. The van der Waals surface area contributed by atoms with E-state index in [1.165, 1.54) is 0 Å². The van der Waals surface area contributed by atoms with E-state index in [9.17, 15) is 4.79 Å². The maximum atomic E-state index is 9.64. The molecule has 0 bridgehead atoms. The average molecular weight is 339 g/mol. The molecule has 0 rings (SSSR count). The molecule has 0 aliphatic rings. The maximum absolute atomic E-state index is 9.64. The Bertz CT molecular complexity index is 48.1. The van der Waals surface area contributed by atoms with Crippen LogP contribution in [0, 0.1) is 0 Å². The zero-order valence-electron chi connectivity index (χ0n) is 3.55. The van der Waals surface area contributed by atoms with Gasteiger partial charge in [-0.2, -0.15) is 0 Å². The van der Waals surface area contributed by atoms with Gasteiger partial charge < -0.3 is 0 Å². The van der Waals surface area contributed by atoms with Crippen molar-refractivity contribution in [1.29, 1.82) is 0 Å². The van der Waals surface area contributed by atoms with Crippen LogP contribution in [-0.4, -0.2) is 12.3 Å². The summed E-state index contributed by atoms with van der Waals surface area (Å²) in [5, 5.41) is 0. The van der Waals surface area contributed by atoms with E-state index in [1.807, 2.05) is 0 Å². The van der Waals surface area contributed by atoms with Crippen LogP contribution in [0.4, 0.5) is 0 Å². The first-order valence-electron chi connectivity index (χ1n) is 1.81. The Kier molecular flexibility index (Phi) is 1.47. The molecule has 31 valence electrons.